The van der Waals surface area contributed by atoms with Crippen molar-refractivity contribution < 1.29 is 22.8 Å². The molecule has 2 aromatic carbocycles. The minimum Gasteiger partial charge on any atom is -0.306 e. The molecule has 2 aromatic rings. The highest BCUT2D eigenvalue weighted by molar-refractivity contribution is 8.14. The van der Waals surface area contributed by atoms with Crippen LogP contribution in [0.1, 0.15) is 11.1 Å². The average molecular weight is 394 g/mol. The molecule has 0 saturated carbocycles. The number of halogens is 5. The summed E-state index contributed by atoms with van der Waals surface area (Å²) in [6.07, 6.45) is 0. The number of alkyl halides is 3. The van der Waals surface area contributed by atoms with E-state index in [4.69, 9.17) is 23.2 Å². The second-order valence-electron chi connectivity index (χ2n) is 4.34. The van der Waals surface area contributed by atoms with Gasteiger partial charge in [-0.05, 0) is 24.3 Å². The van der Waals surface area contributed by atoms with Crippen LogP contribution >= 0.6 is 35.0 Å². The van der Waals surface area contributed by atoms with E-state index in [0.717, 1.165) is 0 Å². The Morgan fingerprint density at radius 3 is 1.71 bits per heavy atom. The maximum Gasteiger partial charge on any atom is 0.452 e. The number of oxime groups is 1. The lowest BCUT2D eigenvalue weighted by molar-refractivity contribution is -0.0325. The normalized spacial score (nSPS) is 11.0. The molecule has 0 radical (unpaired) electrons. The highest BCUT2D eigenvalue weighted by Crippen LogP contribution is 2.31. The van der Waals surface area contributed by atoms with Gasteiger partial charge in [0.05, 0.1) is 11.8 Å². The van der Waals surface area contributed by atoms with Gasteiger partial charge >= 0.3 is 10.8 Å². The highest BCUT2D eigenvalue weighted by atomic mass is 35.5. The minimum atomic E-state index is -4.74. The first-order valence-corrected chi connectivity index (χ1v) is 7.88. The molecule has 0 fully saturated rings. The summed E-state index contributed by atoms with van der Waals surface area (Å²) in [4.78, 5) is 15.6. The van der Waals surface area contributed by atoms with E-state index in [0.29, 0.717) is 21.2 Å². The molecule has 0 N–H and O–H groups in total. The van der Waals surface area contributed by atoms with E-state index in [9.17, 15) is 18.0 Å². The zero-order chi connectivity index (χ0) is 17.7. The number of hydrogen-bond donors (Lipinski definition) is 0. The van der Waals surface area contributed by atoms with Crippen molar-refractivity contribution >= 4 is 46.0 Å². The Morgan fingerprint density at radius 1 is 0.917 bits per heavy atom. The van der Waals surface area contributed by atoms with Gasteiger partial charge in [-0.1, -0.05) is 52.6 Å². The summed E-state index contributed by atoms with van der Waals surface area (Å²) >= 11 is 10.7. The van der Waals surface area contributed by atoms with Gasteiger partial charge in [-0.2, -0.15) is 13.2 Å². The first-order valence-electron chi connectivity index (χ1n) is 6.31. The summed E-state index contributed by atoms with van der Waals surface area (Å²) in [7, 11) is 0. The van der Waals surface area contributed by atoms with Crippen LogP contribution < -0.4 is 0 Å². The summed E-state index contributed by atoms with van der Waals surface area (Å²) in [6, 6.07) is 12.7. The fraction of sp³-hybridized carbons (Fsp3) is 0.0667. The Labute approximate surface area is 149 Å². The lowest BCUT2D eigenvalue weighted by Crippen LogP contribution is -2.09. The zero-order valence-electron chi connectivity index (χ0n) is 11.7. The standard InChI is InChI=1S/C15H8Cl2F3NO2S/c16-11-5-1-9(2-6-11)13(10-3-7-12(17)8-4-10)21-23-14(22)24-15(18,19)20/h1-8H. The number of thioether (sulfide) groups is 1. The van der Waals surface area contributed by atoms with Gasteiger partial charge in [0.2, 0.25) is 0 Å². The second kappa shape index (κ2) is 7.92. The Balaban J connectivity index is 2.32. The molecule has 0 amide bonds. The topological polar surface area (TPSA) is 38.7 Å². The van der Waals surface area contributed by atoms with Crippen molar-refractivity contribution in [3.8, 4) is 0 Å². The maximum atomic E-state index is 12.1. The molecule has 2 rings (SSSR count). The molecule has 0 unspecified atom stereocenters. The lowest BCUT2D eigenvalue weighted by Gasteiger charge is -2.08. The molecule has 0 saturated heterocycles. The third-order valence-electron chi connectivity index (χ3n) is 2.65. The lowest BCUT2D eigenvalue weighted by atomic mass is 10.0. The summed E-state index contributed by atoms with van der Waals surface area (Å²) in [6.45, 7) is 0. The van der Waals surface area contributed by atoms with Gasteiger partial charge < -0.3 is 4.84 Å². The number of hydrogen-bond acceptors (Lipinski definition) is 4. The second-order valence-corrected chi connectivity index (χ2v) is 6.22. The van der Waals surface area contributed by atoms with E-state index in [2.05, 4.69) is 9.99 Å². The van der Waals surface area contributed by atoms with Crippen molar-refractivity contribution in [2.24, 2.45) is 5.16 Å². The summed E-state index contributed by atoms with van der Waals surface area (Å²) in [5.74, 6) is 0. The monoisotopic (exact) mass is 393 g/mol. The summed E-state index contributed by atoms with van der Waals surface area (Å²) in [5, 5.41) is 2.93. The average Bonchev–Trinajstić information content (AvgIpc) is 2.49. The van der Waals surface area contributed by atoms with Crippen LogP contribution in [0.15, 0.2) is 53.7 Å². The molecule has 0 bridgehead atoms. The van der Waals surface area contributed by atoms with Crippen LogP contribution in [-0.2, 0) is 4.84 Å². The molecule has 0 atom stereocenters. The fourth-order valence-electron chi connectivity index (χ4n) is 1.68. The molecule has 0 spiro atoms. The van der Waals surface area contributed by atoms with Gasteiger partial charge in [0.25, 0.3) is 0 Å². The minimum absolute atomic E-state index is 0.166. The molecule has 9 heteroatoms. The fourth-order valence-corrected chi connectivity index (χ4v) is 2.20. The Bertz CT molecular complexity index is 699. The predicted octanol–water partition coefficient (Wildman–Crippen LogP) is 6.14. The number of rotatable bonds is 3. The van der Waals surface area contributed by atoms with Crippen LogP contribution in [0.2, 0.25) is 10.0 Å². The first kappa shape index (κ1) is 18.6. The largest absolute Gasteiger partial charge is 0.452 e. The molecule has 0 aliphatic carbocycles. The van der Waals surface area contributed by atoms with Crippen molar-refractivity contribution in [3.05, 3.63) is 69.7 Å². The van der Waals surface area contributed by atoms with E-state index in [-0.39, 0.29) is 5.71 Å². The van der Waals surface area contributed by atoms with Crippen molar-refractivity contribution in [2.75, 3.05) is 0 Å². The Hall–Kier alpha value is -1.70. The molecule has 24 heavy (non-hydrogen) atoms. The van der Waals surface area contributed by atoms with Crippen LogP contribution in [0.25, 0.3) is 0 Å². The van der Waals surface area contributed by atoms with Gasteiger partial charge in [0.1, 0.15) is 5.71 Å². The van der Waals surface area contributed by atoms with E-state index in [1.165, 1.54) is 0 Å². The SMILES string of the molecule is O=C(ON=C(c1ccc(Cl)cc1)c1ccc(Cl)cc1)SC(F)(F)F. The van der Waals surface area contributed by atoms with Gasteiger partial charge in [-0.25, -0.2) is 4.79 Å². The van der Waals surface area contributed by atoms with Crippen LogP contribution in [0.3, 0.4) is 0 Å². The molecule has 3 nitrogen and oxygen atoms in total. The van der Waals surface area contributed by atoms with Crippen LogP contribution in [0, 0.1) is 0 Å². The zero-order valence-corrected chi connectivity index (χ0v) is 14.0. The van der Waals surface area contributed by atoms with Crippen molar-refractivity contribution in [1.82, 2.24) is 0 Å². The number of benzene rings is 2. The summed E-state index contributed by atoms with van der Waals surface area (Å²) < 4.78 is 36.4. The van der Waals surface area contributed by atoms with Crippen LogP contribution in [0.5, 0.6) is 0 Å². The number of carbonyl (C=O) groups excluding carboxylic acids is 1. The molecule has 126 valence electrons. The molecule has 0 heterocycles. The van der Waals surface area contributed by atoms with Gasteiger partial charge in [-0.15, -0.1) is 0 Å². The van der Waals surface area contributed by atoms with E-state index in [1.807, 2.05) is 0 Å². The number of nitrogens with zero attached hydrogens (tertiary/aromatic N) is 1. The van der Waals surface area contributed by atoms with E-state index in [1.54, 1.807) is 48.5 Å². The third kappa shape index (κ3) is 5.74. The quantitative estimate of drug-likeness (QED) is 0.357. The molecular weight excluding hydrogens is 386 g/mol. The van der Waals surface area contributed by atoms with E-state index >= 15 is 0 Å². The van der Waals surface area contributed by atoms with Crippen LogP contribution in [0.4, 0.5) is 18.0 Å². The predicted molar refractivity (Wildman–Crippen MR) is 88.7 cm³/mol. The molecule has 0 aromatic heterocycles. The molecule has 0 aliphatic rings. The first-order chi connectivity index (χ1) is 11.2. The maximum absolute atomic E-state index is 12.1. The summed E-state index contributed by atoms with van der Waals surface area (Å²) in [5.41, 5.74) is -3.56. The Kier molecular flexibility index (Phi) is 6.15. The van der Waals surface area contributed by atoms with Crippen molar-refractivity contribution in [3.63, 3.8) is 0 Å². The molecule has 0 aliphatic heterocycles. The number of carbonyl (C=O) groups is 1. The smallest absolute Gasteiger partial charge is 0.306 e. The van der Waals surface area contributed by atoms with Crippen molar-refractivity contribution in [2.45, 2.75) is 5.51 Å². The van der Waals surface area contributed by atoms with Crippen molar-refractivity contribution in [1.29, 1.82) is 0 Å². The van der Waals surface area contributed by atoms with Gasteiger partial charge in [-0.3, -0.25) is 0 Å². The van der Waals surface area contributed by atoms with Crippen LogP contribution in [-0.4, -0.2) is 16.5 Å². The molecular formula is C15H8Cl2F3NO2S. The van der Waals surface area contributed by atoms with Gasteiger partial charge in [0.15, 0.2) is 0 Å². The van der Waals surface area contributed by atoms with Gasteiger partial charge in [0, 0.05) is 21.2 Å². The third-order valence-corrected chi connectivity index (χ3v) is 3.62. The highest BCUT2D eigenvalue weighted by Gasteiger charge is 2.34. The Morgan fingerprint density at radius 2 is 1.33 bits per heavy atom. The van der Waals surface area contributed by atoms with E-state index < -0.39 is 22.6 Å².